The Kier molecular flexibility index (Phi) is 4.58. The molecular weight excluding hydrogens is 132 g/mol. The molecule has 0 spiro atoms. The monoisotopic (exact) mass is 144 g/mol. The molecule has 0 aliphatic rings. The van der Waals surface area contributed by atoms with Gasteiger partial charge in [0.05, 0.1) is 6.61 Å². The molecule has 0 radical (unpaired) electrons. The van der Waals surface area contributed by atoms with Gasteiger partial charge in [-0.25, -0.2) is 4.79 Å². The van der Waals surface area contributed by atoms with Crippen LogP contribution >= 0.6 is 0 Å². The number of rotatable bonds is 4. The fourth-order valence-corrected chi connectivity index (χ4v) is 0.367. The minimum absolute atomic E-state index is 0.365. The number of aliphatic carboxylic acids is 1. The van der Waals surface area contributed by atoms with E-state index < -0.39 is 12.1 Å². The van der Waals surface area contributed by atoms with Crippen molar-refractivity contribution in [1.82, 2.24) is 0 Å². The molecule has 0 amide bonds. The maximum atomic E-state index is 10.1. The molecule has 0 aliphatic heterocycles. The van der Waals surface area contributed by atoms with Crippen molar-refractivity contribution in [2.75, 3.05) is 6.61 Å². The van der Waals surface area contributed by atoms with Crippen LogP contribution in [0.3, 0.4) is 0 Å². The first-order chi connectivity index (χ1) is 4.68. The van der Waals surface area contributed by atoms with Gasteiger partial charge in [0, 0.05) is 0 Å². The van der Waals surface area contributed by atoms with Gasteiger partial charge in [0.15, 0.2) is 6.10 Å². The van der Waals surface area contributed by atoms with Gasteiger partial charge in [-0.05, 0) is 13.8 Å². The van der Waals surface area contributed by atoms with E-state index in [1.54, 1.807) is 6.08 Å². The minimum atomic E-state index is -0.926. The predicted octanol–water partition coefficient (Wildman–Crippen LogP) is 1.05. The van der Waals surface area contributed by atoms with Gasteiger partial charge < -0.3 is 9.84 Å². The van der Waals surface area contributed by atoms with Crippen LogP contribution in [0.5, 0.6) is 0 Å². The Bertz CT molecular complexity index is 129. The van der Waals surface area contributed by atoms with Crippen molar-refractivity contribution in [3.8, 4) is 0 Å². The summed E-state index contributed by atoms with van der Waals surface area (Å²) in [5.74, 6) is -0.926. The summed E-state index contributed by atoms with van der Waals surface area (Å²) in [6, 6.07) is 0. The van der Waals surface area contributed by atoms with Crippen molar-refractivity contribution in [2.45, 2.75) is 20.0 Å². The topological polar surface area (TPSA) is 46.5 Å². The molecule has 58 valence electrons. The maximum absolute atomic E-state index is 10.1. The van der Waals surface area contributed by atoms with Gasteiger partial charge in [0.25, 0.3) is 0 Å². The average Bonchev–Trinajstić information content (AvgIpc) is 1.88. The molecule has 0 saturated carbocycles. The molecule has 0 rings (SSSR count). The average molecular weight is 144 g/mol. The van der Waals surface area contributed by atoms with Crippen molar-refractivity contribution in [2.24, 2.45) is 0 Å². The lowest BCUT2D eigenvalue weighted by Gasteiger charge is -2.04. The van der Waals surface area contributed by atoms with Crippen LogP contribution in [0, 0.1) is 0 Å². The van der Waals surface area contributed by atoms with Crippen molar-refractivity contribution < 1.29 is 14.6 Å². The highest BCUT2D eigenvalue weighted by Gasteiger charge is 2.08. The highest BCUT2D eigenvalue weighted by Crippen LogP contribution is 1.89. The van der Waals surface area contributed by atoms with E-state index in [4.69, 9.17) is 9.84 Å². The van der Waals surface area contributed by atoms with Crippen molar-refractivity contribution in [1.29, 1.82) is 0 Å². The third-order valence-electron chi connectivity index (χ3n) is 1.03. The lowest BCUT2D eigenvalue weighted by molar-refractivity contribution is -0.148. The van der Waals surface area contributed by atoms with Gasteiger partial charge in [-0.1, -0.05) is 12.2 Å². The molecule has 0 aromatic carbocycles. The molecule has 1 atom stereocenters. The summed E-state index contributed by atoms with van der Waals surface area (Å²) >= 11 is 0. The van der Waals surface area contributed by atoms with E-state index >= 15 is 0 Å². The minimum Gasteiger partial charge on any atom is -0.479 e. The van der Waals surface area contributed by atoms with E-state index in [0.717, 1.165) is 0 Å². The van der Waals surface area contributed by atoms with Crippen LogP contribution < -0.4 is 0 Å². The van der Waals surface area contributed by atoms with Gasteiger partial charge in [0.2, 0.25) is 0 Å². The Hall–Kier alpha value is -0.830. The molecule has 3 heteroatoms. The number of ether oxygens (including phenoxy) is 1. The lowest BCUT2D eigenvalue weighted by Crippen LogP contribution is -2.19. The Labute approximate surface area is 60.3 Å². The number of allylic oxidation sites excluding steroid dienone is 1. The molecule has 0 saturated heterocycles. The van der Waals surface area contributed by atoms with Crippen LogP contribution in [-0.4, -0.2) is 23.8 Å². The number of carbonyl (C=O) groups is 1. The number of hydrogen-bond acceptors (Lipinski definition) is 2. The standard InChI is InChI=1S/C7H12O3/c1-3-4-5-10-6(2)7(8)9/h3-4,6H,5H2,1-2H3,(H,8,9)/b4-3+/t6-/m0/s1. The molecule has 10 heavy (non-hydrogen) atoms. The third kappa shape index (κ3) is 4.09. The molecule has 0 aromatic heterocycles. The first-order valence-electron chi connectivity index (χ1n) is 3.14. The van der Waals surface area contributed by atoms with Gasteiger partial charge in [0.1, 0.15) is 0 Å². The van der Waals surface area contributed by atoms with E-state index in [-0.39, 0.29) is 0 Å². The first kappa shape index (κ1) is 9.17. The molecule has 0 fully saturated rings. The summed E-state index contributed by atoms with van der Waals surface area (Å²) in [4.78, 5) is 10.1. The van der Waals surface area contributed by atoms with Gasteiger partial charge in [-0.2, -0.15) is 0 Å². The summed E-state index contributed by atoms with van der Waals surface area (Å²) < 4.78 is 4.86. The summed E-state index contributed by atoms with van der Waals surface area (Å²) in [7, 11) is 0. The molecule has 0 bridgehead atoms. The Morgan fingerprint density at radius 2 is 2.40 bits per heavy atom. The smallest absolute Gasteiger partial charge is 0.332 e. The van der Waals surface area contributed by atoms with E-state index in [1.807, 2.05) is 13.0 Å². The van der Waals surface area contributed by atoms with Crippen molar-refractivity contribution in [3.63, 3.8) is 0 Å². The third-order valence-corrected chi connectivity index (χ3v) is 1.03. The van der Waals surface area contributed by atoms with E-state index in [0.29, 0.717) is 6.61 Å². The van der Waals surface area contributed by atoms with Crippen LogP contribution in [0.2, 0.25) is 0 Å². The second-order valence-electron chi connectivity index (χ2n) is 1.88. The predicted molar refractivity (Wildman–Crippen MR) is 37.9 cm³/mol. The molecule has 3 nitrogen and oxygen atoms in total. The SMILES string of the molecule is C/C=C/CO[C@@H](C)C(=O)O. The summed E-state index contributed by atoms with van der Waals surface area (Å²) in [5.41, 5.74) is 0. The zero-order valence-corrected chi connectivity index (χ0v) is 6.20. The van der Waals surface area contributed by atoms with Crippen molar-refractivity contribution in [3.05, 3.63) is 12.2 Å². The molecular formula is C7H12O3. The normalized spacial score (nSPS) is 13.8. The highest BCUT2D eigenvalue weighted by molar-refractivity contribution is 5.71. The quantitative estimate of drug-likeness (QED) is 0.600. The van der Waals surface area contributed by atoms with Crippen LogP contribution in [-0.2, 0) is 9.53 Å². The summed E-state index contributed by atoms with van der Waals surface area (Å²) in [6.07, 6.45) is 2.87. The fraction of sp³-hybridized carbons (Fsp3) is 0.571. The van der Waals surface area contributed by atoms with Gasteiger partial charge in [-0.3, -0.25) is 0 Å². The largest absolute Gasteiger partial charge is 0.479 e. The molecule has 0 aromatic rings. The van der Waals surface area contributed by atoms with Crippen molar-refractivity contribution >= 4 is 5.97 Å². The fourth-order valence-electron chi connectivity index (χ4n) is 0.367. The Morgan fingerprint density at radius 1 is 1.80 bits per heavy atom. The molecule has 1 N–H and O–H groups in total. The van der Waals surface area contributed by atoms with E-state index in [1.165, 1.54) is 6.92 Å². The zero-order valence-electron chi connectivity index (χ0n) is 6.20. The highest BCUT2D eigenvalue weighted by atomic mass is 16.5. The summed E-state index contributed by atoms with van der Waals surface area (Å²) in [5, 5.41) is 8.33. The van der Waals surface area contributed by atoms with E-state index in [2.05, 4.69) is 0 Å². The second kappa shape index (κ2) is 4.99. The molecule has 0 heterocycles. The second-order valence-corrected chi connectivity index (χ2v) is 1.88. The van der Waals surface area contributed by atoms with E-state index in [9.17, 15) is 4.79 Å². The zero-order chi connectivity index (χ0) is 7.98. The first-order valence-corrected chi connectivity index (χ1v) is 3.14. The van der Waals surface area contributed by atoms with Crippen LogP contribution in [0.15, 0.2) is 12.2 Å². The molecule has 0 aliphatic carbocycles. The number of carboxylic acids is 1. The summed E-state index contributed by atoms with van der Waals surface area (Å²) in [6.45, 7) is 3.73. The van der Waals surface area contributed by atoms with Crippen LogP contribution in [0.4, 0.5) is 0 Å². The Morgan fingerprint density at radius 3 is 2.80 bits per heavy atom. The number of hydrogen-bond donors (Lipinski definition) is 1. The maximum Gasteiger partial charge on any atom is 0.332 e. The van der Waals surface area contributed by atoms with Gasteiger partial charge in [-0.15, -0.1) is 0 Å². The Balaban J connectivity index is 3.39. The lowest BCUT2D eigenvalue weighted by atomic mass is 10.4. The number of carboxylic acid groups (broad SMARTS) is 1. The van der Waals surface area contributed by atoms with Gasteiger partial charge >= 0.3 is 5.97 Å². The van der Waals surface area contributed by atoms with Crippen LogP contribution in [0.25, 0.3) is 0 Å². The van der Waals surface area contributed by atoms with Crippen LogP contribution in [0.1, 0.15) is 13.8 Å². The molecule has 0 unspecified atom stereocenters.